The van der Waals surface area contributed by atoms with Crippen LogP contribution in [0.1, 0.15) is 223 Å². The van der Waals surface area contributed by atoms with Crippen LogP contribution in [0.5, 0.6) is 0 Å². The number of hydrogen-bond donors (Lipinski definition) is 0. The van der Waals surface area contributed by atoms with Crippen LogP contribution in [0.25, 0.3) is 22.3 Å². The summed E-state index contributed by atoms with van der Waals surface area (Å²) >= 11 is 3.11. The maximum Gasteiger partial charge on any atom is -1.00 e. The maximum atomic E-state index is 3.53. The van der Waals surface area contributed by atoms with Crippen LogP contribution in [0.2, 0.25) is 0 Å². The summed E-state index contributed by atoms with van der Waals surface area (Å²) in [6, 6.07) is 30.1. The number of fused-ring (bicyclic) bond motifs is 6. The quantitative estimate of drug-likeness (QED) is 0.154. The summed E-state index contributed by atoms with van der Waals surface area (Å²) in [5, 5.41) is 0. The van der Waals surface area contributed by atoms with Crippen LogP contribution < -0.4 is 24.8 Å². The standard InChI is InChI=1S/2C21H25.2C10H15.2C3H6.2ClH.2Zr/c2*1-20(2,3)16-9-7-14-11-15-8-10-17(21(4,5)6)13-19(15)18(14)12-16;2*1-4-10(2,3)9-7-5-6-8-9;2*1-3-2;;;;/h2*7,9-10,12-13H,11H2,1-6H3;2*7-8H,4-5H2,1-3H3;2*1-2H3;2*1H;;/q4*-1;;;;;2*+2/p-2. The second-order valence-electron chi connectivity index (χ2n) is 25.6. The Labute approximate surface area is 485 Å². The van der Waals surface area contributed by atoms with Crippen molar-refractivity contribution >= 4 is 6.41 Å². The van der Waals surface area contributed by atoms with Crippen molar-refractivity contribution in [2.75, 3.05) is 0 Å². The van der Waals surface area contributed by atoms with Crippen LogP contribution in [0.3, 0.4) is 0 Å². The Hall–Kier alpha value is -2.07. The summed E-state index contributed by atoms with van der Waals surface area (Å²) in [5.41, 5.74) is 21.2. The Kier molecular flexibility index (Phi) is 26.7. The van der Waals surface area contributed by atoms with Gasteiger partial charge in [0.1, 0.15) is 0 Å². The molecule has 8 rings (SSSR count). The molecule has 4 heteroatoms. The van der Waals surface area contributed by atoms with Crippen LogP contribution in [-0.2, 0) is 83.0 Å². The zero-order valence-corrected chi connectivity index (χ0v) is 55.5. The second kappa shape index (κ2) is 28.3. The van der Waals surface area contributed by atoms with Gasteiger partial charge in [-0.3, -0.25) is 12.2 Å². The van der Waals surface area contributed by atoms with E-state index < -0.39 is 0 Å². The molecule has 4 aromatic rings. The number of benzene rings is 4. The molecule has 0 heterocycles. The summed E-state index contributed by atoms with van der Waals surface area (Å²) in [5.74, 6) is 0. The molecule has 0 spiro atoms. The van der Waals surface area contributed by atoms with Crippen LogP contribution in [0, 0.1) is 35.1 Å². The molecule has 72 heavy (non-hydrogen) atoms. The monoisotopic (exact) mass is 1160 g/mol. The Balaban J connectivity index is 0.000000473. The van der Waals surface area contributed by atoms with Crippen LogP contribution in [0.15, 0.2) is 96.1 Å². The molecule has 0 radical (unpaired) electrons. The van der Waals surface area contributed by atoms with Crippen molar-refractivity contribution in [2.24, 2.45) is 10.8 Å². The normalized spacial score (nSPS) is 13.9. The SMILES string of the molecule is CC(C)(C)c1c[c-]c2c(c1)-c1cc(C(C)(C)C)ccc1C2.CC(C)(C)c1c[c-]c2c(c1)-c1cc(C(C)(C)C)ccc1C2.CCC(C)(C)C1=CC[C-]=C1.CCC(C)(C)C1=CC[C-]=C1.C[C](C)=[Zr+2].C[C](C)=[Zr+2].[Cl-].[Cl-]. The molecule has 0 aromatic heterocycles. The minimum Gasteiger partial charge on any atom is -1.00 e. The van der Waals surface area contributed by atoms with Crippen molar-refractivity contribution < 1.29 is 73.3 Å². The number of allylic oxidation sites excluding steroid dienone is 8. The van der Waals surface area contributed by atoms with E-state index in [0.717, 1.165) is 25.7 Å². The summed E-state index contributed by atoms with van der Waals surface area (Å²) in [4.78, 5) is 0. The van der Waals surface area contributed by atoms with Crippen molar-refractivity contribution in [2.45, 2.75) is 213 Å². The zero-order valence-electron chi connectivity index (χ0n) is 49.1. The van der Waals surface area contributed by atoms with E-state index in [2.05, 4.69) is 262 Å². The third-order valence-corrected chi connectivity index (χ3v) is 13.8. The van der Waals surface area contributed by atoms with Crippen molar-refractivity contribution in [1.82, 2.24) is 0 Å². The molecule has 0 bridgehead atoms. The molecule has 0 nitrogen and oxygen atoms in total. The van der Waals surface area contributed by atoms with Gasteiger partial charge in [0.25, 0.3) is 0 Å². The van der Waals surface area contributed by atoms with Gasteiger partial charge in [-0.05, 0) is 34.8 Å². The summed E-state index contributed by atoms with van der Waals surface area (Å²) < 4.78 is 3.01. The molecule has 0 unspecified atom stereocenters. The molecule has 4 aliphatic carbocycles. The first-order valence-corrected chi connectivity index (χ1v) is 28.5. The van der Waals surface area contributed by atoms with Crippen molar-refractivity contribution in [3.8, 4) is 22.3 Å². The summed E-state index contributed by atoms with van der Waals surface area (Å²) in [7, 11) is 0. The Bertz CT molecular complexity index is 2250. The number of rotatable bonds is 4. The van der Waals surface area contributed by atoms with E-state index in [1.165, 1.54) is 97.2 Å². The van der Waals surface area contributed by atoms with Crippen LogP contribution in [-0.4, -0.2) is 6.41 Å². The maximum absolute atomic E-state index is 3.53. The van der Waals surface area contributed by atoms with E-state index in [0.29, 0.717) is 10.8 Å². The van der Waals surface area contributed by atoms with E-state index in [9.17, 15) is 0 Å². The summed E-state index contributed by atoms with van der Waals surface area (Å²) in [6.07, 6.45) is 21.7. The Morgan fingerprint density at radius 1 is 0.444 bits per heavy atom. The van der Waals surface area contributed by atoms with E-state index in [1.54, 1.807) is 48.5 Å². The van der Waals surface area contributed by atoms with E-state index in [4.69, 9.17) is 0 Å². The van der Waals surface area contributed by atoms with Gasteiger partial charge >= 0.3 is 82.6 Å². The third-order valence-electron chi connectivity index (χ3n) is 13.8. The van der Waals surface area contributed by atoms with Crippen LogP contribution in [0.4, 0.5) is 0 Å². The van der Waals surface area contributed by atoms with Gasteiger partial charge in [0, 0.05) is 0 Å². The fourth-order valence-corrected chi connectivity index (χ4v) is 8.11. The van der Waals surface area contributed by atoms with Crippen molar-refractivity contribution in [1.29, 1.82) is 0 Å². The second-order valence-corrected chi connectivity index (χ2v) is 30.5. The molecule has 388 valence electrons. The van der Waals surface area contributed by atoms with E-state index in [1.807, 2.05) is 0 Å². The minimum atomic E-state index is 0. The first-order valence-electron chi connectivity index (χ1n) is 26.1. The smallest absolute Gasteiger partial charge is 1.00 e. The predicted octanol–water partition coefficient (Wildman–Crippen LogP) is 13.0. The number of hydrogen-bond acceptors (Lipinski definition) is 0. The van der Waals surface area contributed by atoms with Gasteiger partial charge in [-0.15, -0.1) is 24.0 Å². The van der Waals surface area contributed by atoms with Gasteiger partial charge in [0.05, 0.1) is 0 Å². The molecule has 0 saturated heterocycles. The Morgan fingerprint density at radius 2 is 0.722 bits per heavy atom. The van der Waals surface area contributed by atoms with Gasteiger partial charge < -0.3 is 24.8 Å². The fraction of sp³-hybridized carbons (Fsp3) is 0.500. The molecule has 0 fully saturated rings. The zero-order chi connectivity index (χ0) is 53.2. The molecule has 0 aliphatic heterocycles. The topological polar surface area (TPSA) is 0 Å². The molecule has 4 aliphatic rings. The summed E-state index contributed by atoms with van der Waals surface area (Å²) in [6.45, 7) is 49.4. The van der Waals surface area contributed by atoms with Gasteiger partial charge in [0.15, 0.2) is 0 Å². The largest absolute Gasteiger partial charge is 1.00 e. The molecule has 0 atom stereocenters. The predicted molar refractivity (Wildman–Crippen MR) is 304 cm³/mol. The van der Waals surface area contributed by atoms with Crippen molar-refractivity contribution in [3.63, 3.8) is 0 Å². The minimum absolute atomic E-state index is 0. The average Bonchev–Trinajstić information content (AvgIpc) is 4.09. The molecule has 4 aromatic carbocycles. The molecular weight excluding hydrogens is 1070 g/mol. The first-order chi connectivity index (χ1) is 32.1. The van der Waals surface area contributed by atoms with Gasteiger partial charge in [-0.1, -0.05) is 218 Å². The third kappa shape index (κ3) is 20.5. The average molecular weight is 1160 g/mol. The Morgan fingerprint density at radius 3 is 0.958 bits per heavy atom. The molecule has 0 amide bonds. The first kappa shape index (κ1) is 67.9. The van der Waals surface area contributed by atoms with Gasteiger partial charge in [0.2, 0.25) is 0 Å². The van der Waals surface area contributed by atoms with Crippen LogP contribution >= 0.6 is 0 Å². The number of halogens is 2. The van der Waals surface area contributed by atoms with E-state index >= 15 is 0 Å². The molecular formula is C68H92Cl2Zr2-2. The van der Waals surface area contributed by atoms with E-state index in [-0.39, 0.29) is 46.5 Å². The molecule has 0 N–H and O–H groups in total. The van der Waals surface area contributed by atoms with Gasteiger partial charge in [-0.2, -0.15) is 82.0 Å². The fourth-order valence-electron chi connectivity index (χ4n) is 8.11. The van der Waals surface area contributed by atoms with Gasteiger partial charge in [-0.25, -0.2) is 12.2 Å². The molecule has 0 saturated carbocycles. The van der Waals surface area contributed by atoms with Crippen molar-refractivity contribution in [3.05, 3.63) is 165 Å².